The Labute approximate surface area is 158 Å². The van der Waals surface area contributed by atoms with Crippen molar-refractivity contribution in [3.05, 3.63) is 23.8 Å². The summed E-state index contributed by atoms with van der Waals surface area (Å²) >= 11 is 0. The van der Waals surface area contributed by atoms with E-state index in [9.17, 15) is 19.5 Å². The minimum Gasteiger partial charge on any atom is -0.462 e. The fraction of sp³-hybridized carbons (Fsp3) is 0.667. The van der Waals surface area contributed by atoms with Gasteiger partial charge in [-0.3, -0.25) is 9.59 Å². The van der Waals surface area contributed by atoms with Crippen LogP contribution >= 0.6 is 0 Å². The summed E-state index contributed by atoms with van der Waals surface area (Å²) in [6, 6.07) is 0. The first-order valence-electron chi connectivity index (χ1n) is 9.83. The van der Waals surface area contributed by atoms with Crippen molar-refractivity contribution >= 4 is 17.7 Å². The van der Waals surface area contributed by atoms with Gasteiger partial charge in [0.05, 0.1) is 11.7 Å². The van der Waals surface area contributed by atoms with E-state index in [1.54, 1.807) is 6.08 Å². The summed E-state index contributed by atoms with van der Waals surface area (Å²) in [4.78, 5) is 36.4. The Kier molecular flexibility index (Phi) is 4.70. The molecule has 2 bridgehead atoms. The number of ketones is 1. The van der Waals surface area contributed by atoms with Crippen molar-refractivity contribution in [2.24, 2.45) is 29.6 Å². The highest BCUT2D eigenvalue weighted by molar-refractivity contribution is 6.18. The zero-order valence-electron chi connectivity index (χ0n) is 15.7. The summed E-state index contributed by atoms with van der Waals surface area (Å²) < 4.78 is 11.0. The number of allylic oxidation sites excluding steroid dienone is 2. The quantitative estimate of drug-likeness (QED) is 0.429. The summed E-state index contributed by atoms with van der Waals surface area (Å²) in [6.07, 6.45) is 6.47. The highest BCUT2D eigenvalue weighted by Gasteiger charge is 2.49. The van der Waals surface area contributed by atoms with Crippen molar-refractivity contribution in [3.63, 3.8) is 0 Å². The van der Waals surface area contributed by atoms with Crippen LogP contribution in [0, 0.1) is 29.6 Å². The molecule has 0 spiro atoms. The average Bonchev–Trinajstić information content (AvgIpc) is 2.87. The van der Waals surface area contributed by atoms with Crippen molar-refractivity contribution < 1.29 is 29.0 Å². The van der Waals surface area contributed by atoms with Gasteiger partial charge in [0.2, 0.25) is 0 Å². The molecule has 6 heteroatoms. The molecule has 0 aromatic heterocycles. The fourth-order valence-corrected chi connectivity index (χ4v) is 5.48. The summed E-state index contributed by atoms with van der Waals surface area (Å²) in [6.45, 7) is 3.49. The summed E-state index contributed by atoms with van der Waals surface area (Å²) in [5, 5.41) is 10.5. The lowest BCUT2D eigenvalue weighted by Crippen LogP contribution is -2.40. The number of esters is 2. The molecule has 1 N–H and O–H groups in total. The normalized spacial score (nSPS) is 45.4. The van der Waals surface area contributed by atoms with E-state index in [1.807, 2.05) is 0 Å². The molecular formula is C21H26O6. The molecule has 5 aliphatic rings. The topological polar surface area (TPSA) is 89.9 Å². The highest BCUT2D eigenvalue weighted by atomic mass is 16.5. The molecule has 0 amide bonds. The van der Waals surface area contributed by atoms with Gasteiger partial charge in [0, 0.05) is 25.7 Å². The smallest absolute Gasteiger partial charge is 0.341 e. The number of aliphatic hydroxyl groups is 1. The van der Waals surface area contributed by atoms with Gasteiger partial charge >= 0.3 is 11.9 Å². The lowest BCUT2D eigenvalue weighted by Gasteiger charge is -2.38. The number of Topliss-reactive ketones (excluding diaryl/α,β-unsaturated/α-hetero) is 1. The second-order valence-corrected chi connectivity index (χ2v) is 8.51. The third-order valence-corrected chi connectivity index (χ3v) is 6.60. The third kappa shape index (κ3) is 3.35. The predicted octanol–water partition coefficient (Wildman–Crippen LogP) is 1.96. The molecule has 2 aliphatic heterocycles. The lowest BCUT2D eigenvalue weighted by molar-refractivity contribution is -0.153. The van der Waals surface area contributed by atoms with Crippen molar-refractivity contribution in [3.8, 4) is 0 Å². The molecule has 2 fully saturated rings. The van der Waals surface area contributed by atoms with E-state index in [0.29, 0.717) is 12.8 Å². The van der Waals surface area contributed by atoms with Gasteiger partial charge in [0.25, 0.3) is 0 Å². The molecule has 0 aromatic carbocycles. The third-order valence-electron chi connectivity index (χ3n) is 6.60. The number of hydrogen-bond acceptors (Lipinski definition) is 6. The summed E-state index contributed by atoms with van der Waals surface area (Å²) in [5.41, 5.74) is 0.148. The van der Waals surface area contributed by atoms with Gasteiger partial charge in [0.15, 0.2) is 5.78 Å². The van der Waals surface area contributed by atoms with Crippen LogP contribution in [0.4, 0.5) is 0 Å². The number of fused-ring (bicyclic) bond motifs is 5. The van der Waals surface area contributed by atoms with Gasteiger partial charge in [-0.05, 0) is 36.5 Å². The number of hydrogen-bond donors (Lipinski definition) is 1. The fourth-order valence-electron chi connectivity index (χ4n) is 5.48. The van der Waals surface area contributed by atoms with E-state index in [-0.39, 0.29) is 59.4 Å². The van der Waals surface area contributed by atoms with Crippen LogP contribution in [0.5, 0.6) is 0 Å². The molecule has 2 heterocycles. The minimum atomic E-state index is -0.625. The van der Waals surface area contributed by atoms with Crippen molar-refractivity contribution in [2.75, 3.05) is 0 Å². The average molecular weight is 374 g/mol. The van der Waals surface area contributed by atoms with Gasteiger partial charge in [-0.1, -0.05) is 25.2 Å². The van der Waals surface area contributed by atoms with Crippen LogP contribution in [0.15, 0.2) is 23.8 Å². The van der Waals surface area contributed by atoms with Gasteiger partial charge in [0.1, 0.15) is 12.2 Å². The van der Waals surface area contributed by atoms with Gasteiger partial charge < -0.3 is 14.6 Å². The second-order valence-electron chi connectivity index (χ2n) is 8.51. The van der Waals surface area contributed by atoms with Crippen molar-refractivity contribution in [1.82, 2.24) is 0 Å². The monoisotopic (exact) mass is 374 g/mol. The summed E-state index contributed by atoms with van der Waals surface area (Å²) in [7, 11) is 0. The van der Waals surface area contributed by atoms with Crippen molar-refractivity contribution in [2.45, 2.75) is 57.8 Å². The number of rotatable bonds is 1. The van der Waals surface area contributed by atoms with E-state index < -0.39 is 18.2 Å². The molecule has 0 aromatic rings. The largest absolute Gasteiger partial charge is 0.462 e. The van der Waals surface area contributed by atoms with Gasteiger partial charge in [-0.2, -0.15) is 0 Å². The van der Waals surface area contributed by atoms with Crippen LogP contribution in [-0.2, 0) is 23.9 Å². The maximum atomic E-state index is 12.5. The number of aliphatic hydroxyl groups excluding tert-OH is 1. The van der Waals surface area contributed by atoms with E-state index in [1.165, 1.54) is 6.92 Å². The van der Waals surface area contributed by atoms with Crippen LogP contribution in [0.3, 0.4) is 0 Å². The molecule has 146 valence electrons. The lowest BCUT2D eigenvalue weighted by atomic mass is 9.68. The minimum absolute atomic E-state index is 0.0528. The Morgan fingerprint density at radius 2 is 1.96 bits per heavy atom. The number of ether oxygens (including phenoxy) is 2. The molecule has 3 aliphatic carbocycles. The van der Waals surface area contributed by atoms with Gasteiger partial charge in [-0.25, -0.2) is 4.79 Å². The van der Waals surface area contributed by atoms with Crippen LogP contribution in [0.25, 0.3) is 0 Å². The van der Waals surface area contributed by atoms with Crippen LogP contribution in [0.1, 0.15) is 39.5 Å². The Morgan fingerprint density at radius 3 is 2.67 bits per heavy atom. The maximum Gasteiger partial charge on any atom is 0.341 e. The zero-order chi connectivity index (χ0) is 19.3. The molecule has 27 heavy (non-hydrogen) atoms. The Morgan fingerprint density at radius 1 is 1.19 bits per heavy atom. The summed E-state index contributed by atoms with van der Waals surface area (Å²) in [5.74, 6) is -0.642. The van der Waals surface area contributed by atoms with E-state index in [4.69, 9.17) is 9.47 Å². The predicted molar refractivity (Wildman–Crippen MR) is 95.3 cm³/mol. The Hall–Kier alpha value is -1.95. The molecule has 6 nitrogen and oxygen atoms in total. The van der Waals surface area contributed by atoms with Crippen molar-refractivity contribution in [1.29, 1.82) is 0 Å². The van der Waals surface area contributed by atoms with E-state index in [2.05, 4.69) is 19.1 Å². The van der Waals surface area contributed by atoms with E-state index in [0.717, 1.165) is 6.42 Å². The van der Waals surface area contributed by atoms with Gasteiger partial charge in [-0.15, -0.1) is 0 Å². The Bertz CT molecular complexity index is 702. The zero-order valence-corrected chi connectivity index (χ0v) is 15.7. The Balaban J connectivity index is 1.72. The van der Waals surface area contributed by atoms with Crippen LogP contribution in [0.2, 0.25) is 0 Å². The number of carbonyl (C=O) groups excluding carboxylic acids is 3. The molecule has 1 saturated carbocycles. The van der Waals surface area contributed by atoms with E-state index >= 15 is 0 Å². The molecule has 8 atom stereocenters. The molecule has 0 radical (unpaired) electrons. The number of carbonyl (C=O) groups is 3. The first-order chi connectivity index (χ1) is 12.8. The molecule has 1 saturated heterocycles. The molecule has 0 unspecified atom stereocenters. The van der Waals surface area contributed by atoms with Crippen LogP contribution < -0.4 is 0 Å². The standard InChI is InChI=1S/C21H26O6/c1-10-5-17-15(20(10)26-11(2)22)4-3-12-6-13(23)7-14-8-19(24)18(9-16(12)17)21(25)27-14/h3-4,9-10,12-17,20,23H,5-8H2,1-2H3/b18-9+/t10-,12+,13+,14-,15-,16-,17-,20-/m1/s1. The first kappa shape index (κ1) is 18.4. The second kappa shape index (κ2) is 6.89. The maximum absolute atomic E-state index is 12.5. The molecule has 5 rings (SSSR count). The first-order valence-corrected chi connectivity index (χ1v) is 9.83. The molecular weight excluding hydrogens is 348 g/mol. The van der Waals surface area contributed by atoms with Crippen LogP contribution in [-0.4, -0.2) is 41.1 Å². The SMILES string of the molecule is CC(=O)O[C@H]1[C@@H]2C=C[C@H]3C[C@H](O)C[C@@H]4CC(=O)/C(=C\[C@H]3[C@@H]2C[C@H]1C)C(=O)O4. The highest BCUT2D eigenvalue weighted by Crippen LogP contribution is 2.50.